The average molecular weight is 514 g/mol. The smallest absolute Gasteiger partial charge is 0.341 e. The minimum absolute atomic E-state index is 0.0307. The van der Waals surface area contributed by atoms with Gasteiger partial charge in [-0.2, -0.15) is 0 Å². The Labute approximate surface area is 208 Å². The molecule has 1 amide bonds. The lowest BCUT2D eigenvalue weighted by Crippen LogP contribution is -2.17. The van der Waals surface area contributed by atoms with Crippen molar-refractivity contribution >= 4 is 61.5 Å². The molecule has 0 unspecified atom stereocenters. The number of aryl methyl sites for hydroxylation is 2. The predicted molar refractivity (Wildman–Crippen MR) is 140 cm³/mol. The van der Waals surface area contributed by atoms with E-state index in [0.717, 1.165) is 38.9 Å². The van der Waals surface area contributed by atoms with Gasteiger partial charge in [-0.1, -0.05) is 41.6 Å². The Bertz CT molecular complexity index is 1430. The Morgan fingerprint density at radius 2 is 1.91 bits per heavy atom. The number of thioether (sulfide) groups is 1. The highest BCUT2D eigenvalue weighted by Gasteiger charge is 2.22. The van der Waals surface area contributed by atoms with Crippen LogP contribution in [0.4, 0.5) is 5.00 Å². The summed E-state index contributed by atoms with van der Waals surface area (Å²) in [6.45, 7) is 7.73. The summed E-state index contributed by atoms with van der Waals surface area (Å²) < 4.78 is 5.13. The molecular formula is C24H23N3O4S3. The fourth-order valence-electron chi connectivity index (χ4n) is 3.40. The van der Waals surface area contributed by atoms with E-state index in [-0.39, 0.29) is 23.8 Å². The highest BCUT2D eigenvalue weighted by atomic mass is 32.2. The van der Waals surface area contributed by atoms with Crippen molar-refractivity contribution in [3.8, 4) is 11.1 Å². The first-order valence-electron chi connectivity index (χ1n) is 10.6. The van der Waals surface area contributed by atoms with Crippen molar-refractivity contribution in [3.63, 3.8) is 0 Å². The third-order valence-corrected chi connectivity index (χ3v) is 8.11. The van der Waals surface area contributed by atoms with Crippen LogP contribution in [0.3, 0.4) is 0 Å². The Morgan fingerprint density at radius 1 is 1.18 bits per heavy atom. The van der Waals surface area contributed by atoms with Crippen LogP contribution >= 0.6 is 34.4 Å². The molecule has 0 aliphatic rings. The molecule has 3 aromatic heterocycles. The zero-order chi connectivity index (χ0) is 24.4. The Morgan fingerprint density at radius 3 is 2.62 bits per heavy atom. The molecule has 10 heteroatoms. The molecule has 0 radical (unpaired) electrons. The van der Waals surface area contributed by atoms with Gasteiger partial charge in [-0.25, -0.2) is 9.78 Å². The van der Waals surface area contributed by atoms with Crippen molar-refractivity contribution in [1.29, 1.82) is 0 Å². The topological polar surface area (TPSA) is 101 Å². The van der Waals surface area contributed by atoms with Crippen LogP contribution in [0.2, 0.25) is 0 Å². The number of hydrogen-bond donors (Lipinski definition) is 2. The number of hydrogen-bond acceptors (Lipinski definition) is 8. The second-order valence-electron chi connectivity index (χ2n) is 7.61. The number of rotatable bonds is 7. The van der Waals surface area contributed by atoms with Crippen molar-refractivity contribution in [3.05, 3.63) is 61.6 Å². The minimum Gasteiger partial charge on any atom is -0.462 e. The van der Waals surface area contributed by atoms with E-state index in [0.29, 0.717) is 25.9 Å². The molecule has 4 rings (SSSR count). The fraction of sp³-hybridized carbons (Fsp3) is 0.250. The molecule has 0 atom stereocenters. The molecule has 2 N–H and O–H groups in total. The number of aromatic amines is 1. The zero-order valence-corrected chi connectivity index (χ0v) is 21.6. The number of nitrogens with one attached hydrogen (secondary N) is 2. The Hall–Kier alpha value is -2.95. The van der Waals surface area contributed by atoms with Gasteiger partial charge in [0, 0.05) is 15.8 Å². The largest absolute Gasteiger partial charge is 0.462 e. The van der Waals surface area contributed by atoms with E-state index in [2.05, 4.69) is 15.3 Å². The molecule has 4 aromatic rings. The van der Waals surface area contributed by atoms with Crippen LogP contribution in [-0.4, -0.2) is 34.2 Å². The lowest BCUT2D eigenvalue weighted by Gasteiger charge is -2.07. The number of H-pyrrole nitrogens is 1. The molecular weight excluding hydrogens is 490 g/mol. The normalized spacial score (nSPS) is 11.1. The Kier molecular flexibility index (Phi) is 7.20. The lowest BCUT2D eigenvalue weighted by atomic mass is 10.1. The second kappa shape index (κ2) is 10.1. The zero-order valence-electron chi connectivity index (χ0n) is 19.1. The minimum atomic E-state index is -0.453. The first kappa shape index (κ1) is 24.2. The molecule has 3 heterocycles. The van der Waals surface area contributed by atoms with Gasteiger partial charge in [-0.15, -0.1) is 22.7 Å². The molecule has 0 saturated carbocycles. The van der Waals surface area contributed by atoms with Gasteiger partial charge in [0.05, 0.1) is 23.3 Å². The number of benzene rings is 1. The van der Waals surface area contributed by atoms with Crippen LogP contribution in [0.1, 0.15) is 33.3 Å². The third kappa shape index (κ3) is 4.94. The van der Waals surface area contributed by atoms with E-state index in [4.69, 9.17) is 4.74 Å². The summed E-state index contributed by atoms with van der Waals surface area (Å²) in [5.41, 5.74) is 3.90. The molecule has 0 bridgehead atoms. The number of amides is 1. The van der Waals surface area contributed by atoms with E-state index >= 15 is 0 Å². The molecule has 0 fully saturated rings. The van der Waals surface area contributed by atoms with Crippen molar-refractivity contribution in [2.24, 2.45) is 0 Å². The first-order valence-corrected chi connectivity index (χ1v) is 13.2. The summed E-state index contributed by atoms with van der Waals surface area (Å²) >= 11 is 3.87. The quantitative estimate of drug-likeness (QED) is 0.191. The number of aromatic nitrogens is 2. The highest BCUT2D eigenvalue weighted by Crippen LogP contribution is 2.34. The van der Waals surface area contributed by atoms with Gasteiger partial charge in [0.15, 0.2) is 5.16 Å². The fourth-order valence-corrected chi connectivity index (χ4v) is 6.13. The number of carbonyl (C=O) groups is 2. The molecule has 0 saturated heterocycles. The van der Waals surface area contributed by atoms with Crippen molar-refractivity contribution < 1.29 is 14.3 Å². The van der Waals surface area contributed by atoms with Crippen molar-refractivity contribution in [2.45, 2.75) is 32.9 Å². The summed E-state index contributed by atoms with van der Waals surface area (Å²) in [5.74, 6) is -0.722. The SMILES string of the molecule is CCOC(=O)c1c(NC(=O)CSc2nc3scc(-c4ccc(C)cc4)c3c(=O)[nH]2)sc(C)c1C. The van der Waals surface area contributed by atoms with Crippen molar-refractivity contribution in [2.75, 3.05) is 17.7 Å². The standard InChI is InChI=1S/C24H23N3O4S3/c1-5-31-23(30)18-13(3)14(4)34-22(18)25-17(28)11-33-24-26-20(29)19-16(10-32-21(19)27-24)15-8-6-12(2)7-9-15/h6-10H,5,11H2,1-4H3,(H,25,28)(H,26,27,29). The molecule has 0 aliphatic carbocycles. The number of anilines is 1. The maximum Gasteiger partial charge on any atom is 0.341 e. The number of carbonyl (C=O) groups excluding carboxylic acids is 2. The van der Waals surface area contributed by atoms with E-state index in [1.54, 1.807) is 6.92 Å². The van der Waals surface area contributed by atoms with Crippen LogP contribution in [0.15, 0.2) is 39.6 Å². The Balaban J connectivity index is 1.50. The third-order valence-electron chi connectivity index (χ3n) is 5.24. The summed E-state index contributed by atoms with van der Waals surface area (Å²) in [6, 6.07) is 7.99. The lowest BCUT2D eigenvalue weighted by molar-refractivity contribution is -0.113. The predicted octanol–water partition coefficient (Wildman–Crippen LogP) is 5.55. The maximum atomic E-state index is 12.8. The van der Waals surface area contributed by atoms with Gasteiger partial charge >= 0.3 is 5.97 Å². The average Bonchev–Trinajstić information content (AvgIpc) is 3.34. The van der Waals surface area contributed by atoms with Gasteiger partial charge in [0.1, 0.15) is 9.83 Å². The van der Waals surface area contributed by atoms with Crippen LogP contribution in [-0.2, 0) is 9.53 Å². The number of esters is 1. The molecule has 7 nitrogen and oxygen atoms in total. The van der Waals surface area contributed by atoms with Gasteiger partial charge in [-0.3, -0.25) is 9.59 Å². The first-order chi connectivity index (χ1) is 16.3. The second-order valence-corrected chi connectivity index (χ2v) is 10.7. The van der Waals surface area contributed by atoms with Crippen LogP contribution < -0.4 is 10.9 Å². The number of nitrogens with zero attached hydrogens (tertiary/aromatic N) is 1. The summed E-state index contributed by atoms with van der Waals surface area (Å²) in [4.78, 5) is 46.6. The monoisotopic (exact) mass is 513 g/mol. The molecule has 1 aromatic carbocycles. The van der Waals surface area contributed by atoms with Gasteiger partial charge < -0.3 is 15.0 Å². The van der Waals surface area contributed by atoms with E-state index in [9.17, 15) is 14.4 Å². The van der Waals surface area contributed by atoms with E-state index < -0.39 is 5.97 Å². The summed E-state index contributed by atoms with van der Waals surface area (Å²) in [5, 5.41) is 6.12. The van der Waals surface area contributed by atoms with Gasteiger partial charge in [0.2, 0.25) is 5.91 Å². The summed E-state index contributed by atoms with van der Waals surface area (Å²) in [6.07, 6.45) is 0. The molecule has 0 spiro atoms. The van der Waals surface area contributed by atoms with Crippen LogP contribution in [0.5, 0.6) is 0 Å². The molecule has 176 valence electrons. The van der Waals surface area contributed by atoms with E-state index in [1.165, 1.54) is 22.7 Å². The van der Waals surface area contributed by atoms with Crippen LogP contribution in [0.25, 0.3) is 21.3 Å². The maximum absolute atomic E-state index is 12.8. The molecule has 0 aliphatic heterocycles. The number of thiophene rings is 2. The van der Waals surface area contributed by atoms with Crippen molar-refractivity contribution in [1.82, 2.24) is 9.97 Å². The highest BCUT2D eigenvalue weighted by molar-refractivity contribution is 7.99. The number of ether oxygens (including phenoxy) is 1. The van der Waals surface area contributed by atoms with E-state index in [1.807, 2.05) is 50.4 Å². The summed E-state index contributed by atoms with van der Waals surface area (Å²) in [7, 11) is 0. The molecule has 34 heavy (non-hydrogen) atoms. The van der Waals surface area contributed by atoms with Gasteiger partial charge in [-0.05, 0) is 38.8 Å². The van der Waals surface area contributed by atoms with Gasteiger partial charge in [0.25, 0.3) is 5.56 Å². The van der Waals surface area contributed by atoms with Crippen LogP contribution in [0, 0.1) is 20.8 Å². The number of fused-ring (bicyclic) bond motifs is 1.